The molecule has 150 valence electrons. The Morgan fingerprint density at radius 1 is 1.18 bits per heavy atom. The highest BCUT2D eigenvalue weighted by molar-refractivity contribution is 7.89. The lowest BCUT2D eigenvalue weighted by Gasteiger charge is -2.29. The number of halogens is 1. The van der Waals surface area contributed by atoms with Gasteiger partial charge < -0.3 is 9.88 Å². The Kier molecular flexibility index (Phi) is 6.22. The summed E-state index contributed by atoms with van der Waals surface area (Å²) in [5.74, 6) is 0.0289. The van der Waals surface area contributed by atoms with Crippen LogP contribution in [-0.2, 0) is 21.4 Å². The molecule has 0 atom stereocenters. The number of aromatic nitrogens is 1. The van der Waals surface area contributed by atoms with Crippen LogP contribution in [0.3, 0.4) is 0 Å². The Labute approximate surface area is 169 Å². The molecule has 0 unspecified atom stereocenters. The standard InChI is InChI=1S/C19H22ClN3O4S/c1-14-8-11-23(12-9-14)28(26,27)17-3-2-10-22(19(17)25)13-18(24)21-16-6-4-15(20)5-7-16/h2-7,10,14H,8-9,11-13H2,1H3,(H,21,24). The summed E-state index contributed by atoms with van der Waals surface area (Å²) >= 11 is 5.81. The highest BCUT2D eigenvalue weighted by Gasteiger charge is 2.30. The first-order chi connectivity index (χ1) is 13.3. The van der Waals surface area contributed by atoms with Crippen molar-refractivity contribution < 1.29 is 13.2 Å². The van der Waals surface area contributed by atoms with E-state index < -0.39 is 21.5 Å². The molecule has 0 radical (unpaired) electrons. The molecule has 0 spiro atoms. The Morgan fingerprint density at radius 3 is 2.46 bits per heavy atom. The molecular weight excluding hydrogens is 402 g/mol. The summed E-state index contributed by atoms with van der Waals surface area (Å²) in [5.41, 5.74) is -0.166. The molecule has 1 saturated heterocycles. The van der Waals surface area contributed by atoms with Gasteiger partial charge in [0.15, 0.2) is 0 Å². The number of pyridine rings is 1. The van der Waals surface area contributed by atoms with E-state index in [2.05, 4.69) is 12.2 Å². The Hall–Kier alpha value is -2.16. The van der Waals surface area contributed by atoms with Crippen LogP contribution in [0.4, 0.5) is 5.69 Å². The predicted octanol–water partition coefficient (Wildman–Crippen LogP) is 2.56. The SMILES string of the molecule is CC1CCN(S(=O)(=O)c2cccn(CC(=O)Nc3ccc(Cl)cc3)c2=O)CC1. The largest absolute Gasteiger partial charge is 0.325 e. The van der Waals surface area contributed by atoms with E-state index in [0.29, 0.717) is 29.7 Å². The van der Waals surface area contributed by atoms with E-state index in [-0.39, 0.29) is 11.4 Å². The number of rotatable bonds is 5. The zero-order chi connectivity index (χ0) is 20.3. The van der Waals surface area contributed by atoms with E-state index in [0.717, 1.165) is 17.4 Å². The molecule has 9 heteroatoms. The van der Waals surface area contributed by atoms with E-state index >= 15 is 0 Å². The number of nitrogens with zero attached hydrogens (tertiary/aromatic N) is 2. The molecule has 1 aromatic carbocycles. The van der Waals surface area contributed by atoms with Crippen LogP contribution < -0.4 is 10.9 Å². The third kappa shape index (κ3) is 4.63. The van der Waals surface area contributed by atoms with Crippen LogP contribution in [0.25, 0.3) is 0 Å². The number of hydrogen-bond donors (Lipinski definition) is 1. The molecule has 1 aliphatic rings. The predicted molar refractivity (Wildman–Crippen MR) is 108 cm³/mol. The van der Waals surface area contributed by atoms with Crippen molar-refractivity contribution in [3.63, 3.8) is 0 Å². The van der Waals surface area contributed by atoms with Gasteiger partial charge >= 0.3 is 0 Å². The number of amides is 1. The number of anilines is 1. The average Bonchev–Trinajstić information content (AvgIpc) is 2.65. The second kappa shape index (κ2) is 8.46. The number of nitrogens with one attached hydrogen (secondary N) is 1. The summed E-state index contributed by atoms with van der Waals surface area (Å²) in [4.78, 5) is 24.7. The van der Waals surface area contributed by atoms with E-state index in [1.165, 1.54) is 22.6 Å². The van der Waals surface area contributed by atoms with Crippen LogP contribution >= 0.6 is 11.6 Å². The molecule has 0 aliphatic carbocycles. The molecule has 1 amide bonds. The number of sulfonamides is 1. The Bertz CT molecular complexity index is 1010. The molecule has 2 aromatic rings. The topological polar surface area (TPSA) is 88.5 Å². The van der Waals surface area contributed by atoms with Crippen molar-refractivity contribution >= 4 is 33.2 Å². The summed E-state index contributed by atoms with van der Waals surface area (Å²) in [6.45, 7) is 2.59. The highest BCUT2D eigenvalue weighted by Crippen LogP contribution is 2.21. The molecule has 1 aliphatic heterocycles. The summed E-state index contributed by atoms with van der Waals surface area (Å²) in [6, 6.07) is 9.31. The Morgan fingerprint density at radius 2 is 1.82 bits per heavy atom. The van der Waals surface area contributed by atoms with Crippen LogP contribution in [0.15, 0.2) is 52.3 Å². The van der Waals surface area contributed by atoms with Crippen LogP contribution in [0.1, 0.15) is 19.8 Å². The van der Waals surface area contributed by atoms with Gasteiger partial charge in [-0.3, -0.25) is 9.59 Å². The second-order valence-electron chi connectivity index (χ2n) is 6.95. The lowest BCUT2D eigenvalue weighted by molar-refractivity contribution is -0.116. The quantitative estimate of drug-likeness (QED) is 0.800. The fraction of sp³-hybridized carbons (Fsp3) is 0.368. The first-order valence-electron chi connectivity index (χ1n) is 9.02. The van der Waals surface area contributed by atoms with E-state index in [1.807, 2.05) is 0 Å². The van der Waals surface area contributed by atoms with Gasteiger partial charge in [-0.25, -0.2) is 8.42 Å². The normalized spacial score (nSPS) is 16.1. The molecule has 7 nitrogen and oxygen atoms in total. The van der Waals surface area contributed by atoms with Crippen LogP contribution in [0, 0.1) is 5.92 Å². The van der Waals surface area contributed by atoms with E-state index in [1.54, 1.807) is 24.3 Å². The van der Waals surface area contributed by atoms with E-state index in [4.69, 9.17) is 11.6 Å². The van der Waals surface area contributed by atoms with Crippen molar-refractivity contribution in [3.8, 4) is 0 Å². The number of hydrogen-bond acceptors (Lipinski definition) is 4. The smallest absolute Gasteiger partial charge is 0.271 e. The number of benzene rings is 1. The maximum absolute atomic E-state index is 12.9. The van der Waals surface area contributed by atoms with Gasteiger partial charge in [-0.2, -0.15) is 4.31 Å². The minimum Gasteiger partial charge on any atom is -0.325 e. The average molecular weight is 424 g/mol. The third-order valence-electron chi connectivity index (χ3n) is 4.79. The van der Waals surface area contributed by atoms with Crippen molar-refractivity contribution in [1.29, 1.82) is 0 Å². The van der Waals surface area contributed by atoms with Crippen LogP contribution in [0.2, 0.25) is 5.02 Å². The summed E-state index contributed by atoms with van der Waals surface area (Å²) in [6.07, 6.45) is 2.94. The number of piperidine rings is 1. The molecular formula is C19H22ClN3O4S. The lowest BCUT2D eigenvalue weighted by atomic mass is 10.0. The Balaban J connectivity index is 1.78. The fourth-order valence-electron chi connectivity index (χ4n) is 3.09. The number of carbonyl (C=O) groups is 1. The minimum absolute atomic E-state index is 0.290. The third-order valence-corrected chi connectivity index (χ3v) is 6.95. The number of carbonyl (C=O) groups excluding carboxylic acids is 1. The van der Waals surface area contributed by atoms with Gasteiger partial charge in [-0.1, -0.05) is 18.5 Å². The maximum atomic E-state index is 12.9. The molecule has 2 heterocycles. The zero-order valence-corrected chi connectivity index (χ0v) is 17.0. The lowest BCUT2D eigenvalue weighted by Crippen LogP contribution is -2.41. The van der Waals surface area contributed by atoms with E-state index in [9.17, 15) is 18.0 Å². The van der Waals surface area contributed by atoms with Crippen molar-refractivity contribution in [1.82, 2.24) is 8.87 Å². The molecule has 1 fully saturated rings. The first kappa shape index (κ1) is 20.6. The molecule has 1 N–H and O–H groups in total. The van der Waals surface area contributed by atoms with Gasteiger partial charge in [0.25, 0.3) is 5.56 Å². The summed E-state index contributed by atoms with van der Waals surface area (Å²) in [7, 11) is -3.88. The first-order valence-corrected chi connectivity index (χ1v) is 10.8. The highest BCUT2D eigenvalue weighted by atomic mass is 35.5. The van der Waals surface area contributed by atoms with Gasteiger partial charge in [0.1, 0.15) is 11.4 Å². The zero-order valence-electron chi connectivity index (χ0n) is 15.5. The van der Waals surface area contributed by atoms with Gasteiger partial charge in [0.05, 0.1) is 0 Å². The van der Waals surface area contributed by atoms with Gasteiger partial charge in [-0.05, 0) is 55.2 Å². The monoisotopic (exact) mass is 423 g/mol. The van der Waals surface area contributed by atoms with Crippen LogP contribution in [-0.4, -0.2) is 36.3 Å². The molecule has 0 saturated carbocycles. The van der Waals surface area contributed by atoms with Crippen molar-refractivity contribution in [2.24, 2.45) is 5.92 Å². The summed E-state index contributed by atoms with van der Waals surface area (Å²) < 4.78 is 28.2. The van der Waals surface area contributed by atoms with Gasteiger partial charge in [-0.15, -0.1) is 0 Å². The molecule has 28 heavy (non-hydrogen) atoms. The van der Waals surface area contributed by atoms with Gasteiger partial charge in [0, 0.05) is 30.0 Å². The molecule has 3 rings (SSSR count). The molecule has 0 bridgehead atoms. The summed E-state index contributed by atoms with van der Waals surface area (Å²) in [5, 5.41) is 3.20. The van der Waals surface area contributed by atoms with Crippen molar-refractivity contribution in [2.75, 3.05) is 18.4 Å². The maximum Gasteiger partial charge on any atom is 0.271 e. The van der Waals surface area contributed by atoms with Crippen LogP contribution in [0.5, 0.6) is 0 Å². The molecule has 1 aromatic heterocycles. The van der Waals surface area contributed by atoms with Crippen molar-refractivity contribution in [3.05, 3.63) is 58.0 Å². The fourth-order valence-corrected chi connectivity index (χ4v) is 4.77. The second-order valence-corrected chi connectivity index (χ2v) is 9.29. The minimum atomic E-state index is -3.88. The van der Waals surface area contributed by atoms with Gasteiger partial charge in [0.2, 0.25) is 15.9 Å². The van der Waals surface area contributed by atoms with Crippen molar-refractivity contribution in [2.45, 2.75) is 31.2 Å².